The molecule has 190 valence electrons. The summed E-state index contributed by atoms with van der Waals surface area (Å²) >= 11 is 0. The van der Waals surface area contributed by atoms with E-state index in [0.717, 1.165) is 49.0 Å². The predicted molar refractivity (Wildman–Crippen MR) is 134 cm³/mol. The van der Waals surface area contributed by atoms with Crippen LogP contribution < -0.4 is 0 Å². The molecule has 4 heteroatoms. The summed E-state index contributed by atoms with van der Waals surface area (Å²) in [5, 5.41) is 10.9. The van der Waals surface area contributed by atoms with E-state index in [0.29, 0.717) is 5.57 Å². The van der Waals surface area contributed by atoms with Crippen molar-refractivity contribution in [1.29, 1.82) is 0 Å². The Kier molecular flexibility index (Phi) is 7.94. The summed E-state index contributed by atoms with van der Waals surface area (Å²) in [6.45, 7) is 16.8. The van der Waals surface area contributed by atoms with Crippen LogP contribution in [0.15, 0.2) is 11.1 Å². The van der Waals surface area contributed by atoms with Crippen LogP contribution in [0.25, 0.3) is 0 Å². The van der Waals surface area contributed by atoms with Crippen molar-refractivity contribution in [2.45, 2.75) is 149 Å². The molecule has 2 heterocycles. The molecule has 3 rings (SSSR count). The lowest BCUT2D eigenvalue weighted by molar-refractivity contribution is -0.165. The molecule has 6 atom stereocenters. The second-order valence-electron chi connectivity index (χ2n) is 12.7. The molecule has 2 saturated heterocycles. The Balaban J connectivity index is 1.43. The SMILES string of the molecule is CC1=C2CC[C@@](C)(CCC[C@H](C)CCC[C@H](C)CCCC(C)C)O[C@]23O[C@]3(C)[C@](C)(O)C1=O. The fraction of sp³-hybridized carbons (Fsp3) is 0.897. The zero-order chi connectivity index (χ0) is 24.7. The predicted octanol–water partition coefficient (Wildman–Crippen LogP) is 7.13. The van der Waals surface area contributed by atoms with Crippen molar-refractivity contribution in [3.63, 3.8) is 0 Å². The van der Waals surface area contributed by atoms with E-state index in [1.54, 1.807) is 6.92 Å². The van der Waals surface area contributed by atoms with Crippen molar-refractivity contribution in [2.75, 3.05) is 0 Å². The maximum absolute atomic E-state index is 12.7. The summed E-state index contributed by atoms with van der Waals surface area (Å²) in [6, 6.07) is 0. The van der Waals surface area contributed by atoms with Crippen LogP contribution in [0.5, 0.6) is 0 Å². The van der Waals surface area contributed by atoms with Crippen LogP contribution in [0.4, 0.5) is 0 Å². The summed E-state index contributed by atoms with van der Waals surface area (Å²) in [7, 11) is 0. The molecule has 0 radical (unpaired) electrons. The van der Waals surface area contributed by atoms with Gasteiger partial charge in [0.05, 0.1) is 5.60 Å². The van der Waals surface area contributed by atoms with Gasteiger partial charge in [-0.1, -0.05) is 79.1 Å². The summed E-state index contributed by atoms with van der Waals surface area (Å²) in [6.07, 6.45) is 13.2. The van der Waals surface area contributed by atoms with Gasteiger partial charge in [0.25, 0.3) is 0 Å². The van der Waals surface area contributed by atoms with Crippen LogP contribution in [-0.4, -0.2) is 33.5 Å². The molecule has 0 aromatic heterocycles. The minimum Gasteiger partial charge on any atom is -0.379 e. The Morgan fingerprint density at radius 2 is 1.42 bits per heavy atom. The maximum Gasteiger partial charge on any atom is 0.226 e. The summed E-state index contributed by atoms with van der Waals surface area (Å²) < 4.78 is 12.8. The number of carbonyl (C=O) groups excluding carboxylic acids is 1. The largest absolute Gasteiger partial charge is 0.379 e. The topological polar surface area (TPSA) is 59.1 Å². The zero-order valence-corrected chi connectivity index (χ0v) is 22.7. The Labute approximate surface area is 202 Å². The van der Waals surface area contributed by atoms with Crippen LogP contribution >= 0.6 is 0 Å². The second-order valence-corrected chi connectivity index (χ2v) is 12.7. The van der Waals surface area contributed by atoms with Crippen LogP contribution in [0.1, 0.15) is 126 Å². The fourth-order valence-electron chi connectivity index (χ4n) is 6.29. The van der Waals surface area contributed by atoms with Crippen molar-refractivity contribution < 1.29 is 19.4 Å². The Bertz CT molecular complexity index is 753. The molecule has 33 heavy (non-hydrogen) atoms. The standard InChI is InChI=1S/C29H50O4/c1-20(2)12-9-13-21(3)14-10-15-22(4)16-11-18-26(6)19-17-24-23(5)25(30)27(7,31)28(8)29(24,32-26)33-28/h20-22,31H,9-19H2,1-8H3/t21-,22-,26-,27-,28-,29+/m1/s1. The maximum atomic E-state index is 12.7. The van der Waals surface area contributed by atoms with Crippen molar-refractivity contribution in [3.05, 3.63) is 11.1 Å². The second kappa shape index (κ2) is 9.74. The molecular weight excluding hydrogens is 412 g/mol. The van der Waals surface area contributed by atoms with Gasteiger partial charge >= 0.3 is 0 Å². The number of rotatable bonds is 12. The number of hydrogen-bond acceptors (Lipinski definition) is 4. The smallest absolute Gasteiger partial charge is 0.226 e. The van der Waals surface area contributed by atoms with Crippen LogP contribution in [0.2, 0.25) is 0 Å². The number of aliphatic hydroxyl groups is 1. The molecule has 0 bridgehead atoms. The summed E-state index contributed by atoms with van der Waals surface area (Å²) in [5.74, 6) is 1.28. The van der Waals surface area contributed by atoms with Crippen molar-refractivity contribution in [2.24, 2.45) is 17.8 Å². The van der Waals surface area contributed by atoms with Gasteiger partial charge in [0, 0.05) is 0 Å². The quantitative estimate of drug-likeness (QED) is 0.313. The van der Waals surface area contributed by atoms with Crippen LogP contribution in [0, 0.1) is 17.8 Å². The molecule has 2 aliphatic heterocycles. The minimum atomic E-state index is -1.54. The first kappa shape index (κ1) is 26.9. The first-order valence-corrected chi connectivity index (χ1v) is 13.7. The molecule has 1 N–H and O–H groups in total. The highest BCUT2D eigenvalue weighted by molar-refractivity contribution is 6.05. The minimum absolute atomic E-state index is 0.219. The van der Waals surface area contributed by atoms with E-state index >= 15 is 0 Å². The molecule has 1 aliphatic carbocycles. The lowest BCUT2D eigenvalue weighted by Gasteiger charge is -2.45. The molecule has 0 saturated carbocycles. The number of carbonyl (C=O) groups is 1. The average Bonchev–Trinajstić information content (AvgIpc) is 3.31. The summed E-state index contributed by atoms with van der Waals surface area (Å²) in [5.41, 5.74) is -1.21. The van der Waals surface area contributed by atoms with Crippen molar-refractivity contribution in [3.8, 4) is 0 Å². The van der Waals surface area contributed by atoms with E-state index in [2.05, 4.69) is 34.6 Å². The lowest BCUT2D eigenvalue weighted by Crippen LogP contribution is -2.59. The van der Waals surface area contributed by atoms with E-state index in [1.165, 1.54) is 44.9 Å². The monoisotopic (exact) mass is 462 g/mol. The zero-order valence-electron chi connectivity index (χ0n) is 22.7. The molecule has 3 aliphatic rings. The number of epoxide rings is 1. The molecule has 0 aromatic carbocycles. The van der Waals surface area contributed by atoms with Gasteiger partial charge in [-0.3, -0.25) is 4.79 Å². The molecular formula is C29H50O4. The van der Waals surface area contributed by atoms with Crippen LogP contribution in [-0.2, 0) is 14.3 Å². The third-order valence-corrected chi connectivity index (χ3v) is 9.06. The molecule has 0 amide bonds. The normalized spacial score (nSPS) is 37.7. The van der Waals surface area contributed by atoms with Crippen molar-refractivity contribution >= 4 is 5.78 Å². The highest BCUT2D eigenvalue weighted by Gasteiger charge is 2.83. The van der Waals surface area contributed by atoms with Gasteiger partial charge in [0.1, 0.15) is 0 Å². The first-order chi connectivity index (χ1) is 15.3. The fourth-order valence-corrected chi connectivity index (χ4v) is 6.29. The van der Waals surface area contributed by atoms with E-state index in [9.17, 15) is 9.90 Å². The van der Waals surface area contributed by atoms with Crippen LogP contribution in [0.3, 0.4) is 0 Å². The highest BCUT2D eigenvalue weighted by Crippen LogP contribution is 2.67. The van der Waals surface area contributed by atoms with Gasteiger partial charge in [0.2, 0.25) is 5.79 Å². The molecule has 4 nitrogen and oxygen atoms in total. The van der Waals surface area contributed by atoms with Crippen molar-refractivity contribution in [1.82, 2.24) is 0 Å². The van der Waals surface area contributed by atoms with Gasteiger partial charge in [-0.15, -0.1) is 0 Å². The number of Topliss-reactive ketones (excluding diaryl/α,β-unsaturated/α-hetero) is 1. The Hall–Kier alpha value is -0.710. The molecule has 0 aromatic rings. The number of ether oxygens (including phenoxy) is 2. The van der Waals surface area contributed by atoms with E-state index in [-0.39, 0.29) is 11.4 Å². The van der Waals surface area contributed by atoms with E-state index in [4.69, 9.17) is 9.47 Å². The molecule has 2 fully saturated rings. The van der Waals surface area contributed by atoms with Gasteiger partial charge in [0.15, 0.2) is 17.0 Å². The number of hydrogen-bond donors (Lipinski definition) is 1. The van der Waals surface area contributed by atoms with Gasteiger partial charge in [-0.05, 0) is 75.9 Å². The average molecular weight is 463 g/mol. The third kappa shape index (κ3) is 5.14. The first-order valence-electron chi connectivity index (χ1n) is 13.7. The van der Waals surface area contributed by atoms with E-state index < -0.39 is 17.0 Å². The van der Waals surface area contributed by atoms with E-state index in [1.807, 2.05) is 13.8 Å². The highest BCUT2D eigenvalue weighted by atomic mass is 16.8. The number of ketones is 1. The lowest BCUT2D eigenvalue weighted by atomic mass is 9.68. The Morgan fingerprint density at radius 3 is 2.00 bits per heavy atom. The van der Waals surface area contributed by atoms with Gasteiger partial charge in [-0.25, -0.2) is 0 Å². The molecule has 1 spiro atoms. The third-order valence-electron chi connectivity index (χ3n) is 9.06. The van der Waals surface area contributed by atoms with Gasteiger partial charge in [-0.2, -0.15) is 0 Å². The molecule has 0 unspecified atom stereocenters. The summed E-state index contributed by atoms with van der Waals surface area (Å²) in [4.78, 5) is 12.7. The Morgan fingerprint density at radius 1 is 0.879 bits per heavy atom. The van der Waals surface area contributed by atoms with Gasteiger partial charge < -0.3 is 14.6 Å².